The third-order valence-corrected chi connectivity index (χ3v) is 22.8. The molecule has 0 aromatic rings. The summed E-state index contributed by atoms with van der Waals surface area (Å²) in [6, 6.07) is 0. The van der Waals surface area contributed by atoms with Crippen molar-refractivity contribution in [3.8, 4) is 0 Å². The van der Waals surface area contributed by atoms with E-state index in [2.05, 4.69) is 55.4 Å². The van der Waals surface area contributed by atoms with Crippen LogP contribution in [0.5, 0.6) is 0 Å². The Morgan fingerprint density at radius 3 is 0.683 bits per heavy atom. The first-order chi connectivity index (χ1) is 50.2. The van der Waals surface area contributed by atoms with Crippen LogP contribution in [0.25, 0.3) is 0 Å². The Morgan fingerprint density at radius 2 is 0.462 bits per heavy atom. The smallest absolute Gasteiger partial charge is 0.462 e. The van der Waals surface area contributed by atoms with Gasteiger partial charge in [0.25, 0.3) is 0 Å². The Bertz CT molecular complexity index is 2030. The number of hydrogen-bond donors (Lipinski definition) is 3. The molecular formula is C85H166O17P2. The lowest BCUT2D eigenvalue weighted by Crippen LogP contribution is -2.30. The normalized spacial score (nSPS) is 14.7. The zero-order valence-corrected chi connectivity index (χ0v) is 70.5. The lowest BCUT2D eigenvalue weighted by atomic mass is 9.99. The van der Waals surface area contributed by atoms with E-state index < -0.39 is 97.5 Å². The van der Waals surface area contributed by atoms with E-state index in [0.29, 0.717) is 25.7 Å². The molecular weight excluding hydrogens is 1350 g/mol. The van der Waals surface area contributed by atoms with E-state index in [-0.39, 0.29) is 25.7 Å². The molecule has 0 saturated heterocycles. The number of hydrogen-bond acceptors (Lipinski definition) is 15. The van der Waals surface area contributed by atoms with Crippen LogP contribution < -0.4 is 0 Å². The van der Waals surface area contributed by atoms with Crippen molar-refractivity contribution in [3.05, 3.63) is 0 Å². The summed E-state index contributed by atoms with van der Waals surface area (Å²) in [5, 5.41) is 10.7. The molecule has 0 aromatic heterocycles. The topological polar surface area (TPSA) is 237 Å². The van der Waals surface area contributed by atoms with Crippen LogP contribution in [-0.2, 0) is 65.4 Å². The Morgan fingerprint density at radius 1 is 0.269 bits per heavy atom. The SMILES string of the molecule is CCC(C)CCCCCCCCCCCCCCCCCCCCC(=O)O[C@H](COC(=O)CCCCCCCCCCCCCC(C)C)COP(=O)(O)OC[C@@H](O)COP(=O)(O)OC[C@@H](COC(=O)CCCCCCCCC(C)CC)OC(=O)CCCCCCCCCCCCCCCCC(C)CC. The predicted molar refractivity (Wildman–Crippen MR) is 428 cm³/mol. The zero-order valence-electron chi connectivity index (χ0n) is 68.7. The van der Waals surface area contributed by atoms with Crippen molar-refractivity contribution in [2.24, 2.45) is 23.7 Å². The molecule has 0 aliphatic carbocycles. The van der Waals surface area contributed by atoms with Crippen LogP contribution in [0, 0.1) is 23.7 Å². The van der Waals surface area contributed by atoms with Gasteiger partial charge in [0.15, 0.2) is 12.2 Å². The van der Waals surface area contributed by atoms with Gasteiger partial charge in [0.2, 0.25) is 0 Å². The second kappa shape index (κ2) is 73.8. The van der Waals surface area contributed by atoms with Gasteiger partial charge in [-0.1, -0.05) is 389 Å². The quantitative estimate of drug-likeness (QED) is 0.0222. The minimum Gasteiger partial charge on any atom is -0.462 e. The van der Waals surface area contributed by atoms with Gasteiger partial charge in [-0.25, -0.2) is 9.13 Å². The fourth-order valence-electron chi connectivity index (χ4n) is 13.0. The first-order valence-corrected chi connectivity index (χ1v) is 46.8. The highest BCUT2D eigenvalue weighted by atomic mass is 31.2. The Kier molecular flexibility index (Phi) is 72.5. The average Bonchev–Trinajstić information content (AvgIpc) is 0.937. The number of phosphoric ester groups is 2. The summed E-state index contributed by atoms with van der Waals surface area (Å²) in [4.78, 5) is 73.2. The monoisotopic (exact) mass is 1520 g/mol. The summed E-state index contributed by atoms with van der Waals surface area (Å²) in [6.07, 6.45) is 62.4. The van der Waals surface area contributed by atoms with Crippen molar-refractivity contribution in [2.75, 3.05) is 39.6 Å². The van der Waals surface area contributed by atoms with E-state index in [9.17, 15) is 43.2 Å². The third kappa shape index (κ3) is 74.2. The van der Waals surface area contributed by atoms with Gasteiger partial charge in [0.1, 0.15) is 19.3 Å². The van der Waals surface area contributed by atoms with Crippen LogP contribution >= 0.6 is 15.6 Å². The molecule has 0 rings (SSSR count). The second-order valence-corrected chi connectivity index (χ2v) is 34.7. The molecule has 0 bridgehead atoms. The highest BCUT2D eigenvalue weighted by Crippen LogP contribution is 2.45. The van der Waals surface area contributed by atoms with Crippen molar-refractivity contribution < 1.29 is 80.2 Å². The minimum absolute atomic E-state index is 0.107. The summed E-state index contributed by atoms with van der Waals surface area (Å²) in [6.45, 7) is 14.4. The zero-order chi connectivity index (χ0) is 76.7. The van der Waals surface area contributed by atoms with E-state index in [1.807, 2.05) is 0 Å². The molecule has 0 saturated carbocycles. The van der Waals surface area contributed by atoms with E-state index in [4.69, 9.17) is 37.0 Å². The number of aliphatic hydroxyl groups excluding tert-OH is 1. The molecule has 0 aromatic carbocycles. The number of unbranched alkanes of at least 4 members (excludes halogenated alkanes) is 45. The number of esters is 4. The van der Waals surface area contributed by atoms with Crippen LogP contribution in [0.4, 0.5) is 0 Å². The molecule has 3 N–H and O–H groups in total. The van der Waals surface area contributed by atoms with Crippen molar-refractivity contribution >= 4 is 39.5 Å². The largest absolute Gasteiger partial charge is 0.472 e. The molecule has 104 heavy (non-hydrogen) atoms. The molecule has 5 unspecified atom stereocenters. The summed E-state index contributed by atoms with van der Waals surface area (Å²) >= 11 is 0. The van der Waals surface area contributed by atoms with E-state index >= 15 is 0 Å². The third-order valence-electron chi connectivity index (χ3n) is 20.9. The highest BCUT2D eigenvalue weighted by Gasteiger charge is 2.31. The number of phosphoric acid groups is 2. The van der Waals surface area contributed by atoms with Crippen molar-refractivity contribution in [3.63, 3.8) is 0 Å². The fraction of sp³-hybridized carbons (Fsp3) is 0.953. The van der Waals surface area contributed by atoms with Gasteiger partial charge in [-0.15, -0.1) is 0 Å². The minimum atomic E-state index is -4.97. The molecule has 0 aliphatic rings. The summed E-state index contributed by atoms with van der Waals surface area (Å²) in [5.41, 5.74) is 0. The predicted octanol–water partition coefficient (Wildman–Crippen LogP) is 25.6. The molecule has 0 aliphatic heterocycles. The molecule has 0 radical (unpaired) electrons. The van der Waals surface area contributed by atoms with Crippen LogP contribution in [0.15, 0.2) is 0 Å². The van der Waals surface area contributed by atoms with Gasteiger partial charge in [-0.05, 0) is 49.4 Å². The Balaban J connectivity index is 5.22. The second-order valence-electron chi connectivity index (χ2n) is 31.8. The molecule has 0 fully saturated rings. The van der Waals surface area contributed by atoms with Gasteiger partial charge in [0.05, 0.1) is 26.4 Å². The lowest BCUT2D eigenvalue weighted by molar-refractivity contribution is -0.161. The van der Waals surface area contributed by atoms with Gasteiger partial charge in [0, 0.05) is 25.7 Å². The first-order valence-electron chi connectivity index (χ1n) is 43.8. The molecule has 0 amide bonds. The summed E-state index contributed by atoms with van der Waals surface area (Å²) < 4.78 is 68.8. The maximum atomic E-state index is 13.1. The van der Waals surface area contributed by atoms with Gasteiger partial charge >= 0.3 is 39.5 Å². The number of carbonyl (C=O) groups is 4. The lowest BCUT2D eigenvalue weighted by Gasteiger charge is -2.21. The van der Waals surface area contributed by atoms with E-state index in [0.717, 1.165) is 120 Å². The Hall–Kier alpha value is -1.94. The number of aliphatic hydroxyl groups is 1. The average molecular weight is 1520 g/mol. The fourth-order valence-corrected chi connectivity index (χ4v) is 14.6. The summed E-state index contributed by atoms with van der Waals surface area (Å²) in [7, 11) is -9.93. The Labute approximate surface area is 638 Å². The molecule has 618 valence electrons. The standard InChI is InChI=1S/C85H166O17P2/c1-9-76(6)62-54-46-38-32-26-20-16-14-12-13-15-17-22-28-35-41-51-59-67-84(89)101-80(71-95-82(87)65-57-49-40-34-30-24-25-31-37-45-53-61-75(4)5)73-99-103(91,92)97-69-79(86)70-98-104(93,94)100-74-81(72-96-83(88)66-58-50-44-43-48-56-64-78(8)11-3)102-85(90)68-60-52-42-36-29-23-19-18-21-27-33-39-47-55-63-77(7)10-2/h75-81,86H,9-74H2,1-8H3,(H,91,92)(H,93,94)/t76?,77?,78?,79-,80-,81-/m1/s1. The van der Waals surface area contributed by atoms with Gasteiger partial charge < -0.3 is 33.8 Å². The highest BCUT2D eigenvalue weighted by molar-refractivity contribution is 7.47. The van der Waals surface area contributed by atoms with Crippen LogP contribution in [-0.4, -0.2) is 96.7 Å². The first kappa shape index (κ1) is 102. The maximum absolute atomic E-state index is 13.1. The number of carbonyl (C=O) groups excluding carboxylic acids is 4. The molecule has 17 nitrogen and oxygen atoms in total. The van der Waals surface area contributed by atoms with E-state index in [1.54, 1.807) is 0 Å². The van der Waals surface area contributed by atoms with Gasteiger partial charge in [-0.2, -0.15) is 0 Å². The molecule has 0 spiro atoms. The van der Waals surface area contributed by atoms with E-state index in [1.165, 1.54) is 238 Å². The number of rotatable bonds is 82. The number of ether oxygens (including phenoxy) is 4. The van der Waals surface area contributed by atoms with Crippen molar-refractivity contribution in [1.29, 1.82) is 0 Å². The molecule has 8 atom stereocenters. The maximum Gasteiger partial charge on any atom is 0.472 e. The molecule has 0 heterocycles. The van der Waals surface area contributed by atoms with Gasteiger partial charge in [-0.3, -0.25) is 37.3 Å². The van der Waals surface area contributed by atoms with Crippen LogP contribution in [0.1, 0.15) is 441 Å². The van der Waals surface area contributed by atoms with Crippen LogP contribution in [0.3, 0.4) is 0 Å². The summed E-state index contributed by atoms with van der Waals surface area (Å²) in [5.74, 6) is 1.11. The molecule has 19 heteroatoms. The van der Waals surface area contributed by atoms with Crippen LogP contribution in [0.2, 0.25) is 0 Å². The van der Waals surface area contributed by atoms with Crippen molar-refractivity contribution in [2.45, 2.75) is 459 Å². The van der Waals surface area contributed by atoms with Crippen molar-refractivity contribution in [1.82, 2.24) is 0 Å².